The Morgan fingerprint density at radius 1 is 0.970 bits per heavy atom. The van der Waals surface area contributed by atoms with Crippen LogP contribution in [-0.4, -0.2) is 34.5 Å². The highest BCUT2D eigenvalue weighted by Crippen LogP contribution is 2.43. The highest BCUT2D eigenvalue weighted by molar-refractivity contribution is 5.96. The number of methoxy groups -OCH3 is 2. The first-order valence-electron chi connectivity index (χ1n) is 10.7. The third-order valence-electron chi connectivity index (χ3n) is 6.32. The SMILES string of the molecule is COc1ccc(OC)c([C@H]2OCCn3c(-c4ccccc4)c4c(=O)n(C)c(=O)n(C)c4c32)c1. The minimum absolute atomic E-state index is 0.329. The number of ether oxygens (including phenoxy) is 3. The van der Waals surface area contributed by atoms with E-state index in [1.807, 2.05) is 48.5 Å². The molecule has 0 aliphatic carbocycles. The Morgan fingerprint density at radius 3 is 2.42 bits per heavy atom. The maximum atomic E-state index is 13.4. The molecule has 5 rings (SSSR count). The summed E-state index contributed by atoms with van der Waals surface area (Å²) in [5.41, 5.74) is 3.06. The highest BCUT2D eigenvalue weighted by Gasteiger charge is 2.34. The first-order chi connectivity index (χ1) is 16.0. The number of hydrogen-bond acceptors (Lipinski definition) is 5. The van der Waals surface area contributed by atoms with Gasteiger partial charge in [-0.25, -0.2) is 4.79 Å². The van der Waals surface area contributed by atoms with Gasteiger partial charge in [-0.15, -0.1) is 0 Å². The molecule has 2 aromatic carbocycles. The molecule has 8 nitrogen and oxygen atoms in total. The standard InChI is InChI=1S/C25H25N3O5/c1-26-21-19(24(29)27(2)25(26)30)20(15-8-6-5-7-9-15)28-12-13-33-23(22(21)28)17-14-16(31-3)10-11-18(17)32-4/h5-11,14,23H,12-13H2,1-4H3/t23-/m1/s1. The Balaban J connectivity index is 1.94. The van der Waals surface area contributed by atoms with E-state index >= 15 is 0 Å². The zero-order valence-electron chi connectivity index (χ0n) is 19.0. The summed E-state index contributed by atoms with van der Waals surface area (Å²) in [4.78, 5) is 26.4. The number of aromatic nitrogens is 3. The smallest absolute Gasteiger partial charge is 0.331 e. The van der Waals surface area contributed by atoms with Crippen molar-refractivity contribution in [3.05, 3.63) is 80.6 Å². The van der Waals surface area contributed by atoms with Gasteiger partial charge in [0.2, 0.25) is 0 Å². The molecule has 0 amide bonds. The Hall–Kier alpha value is -3.78. The van der Waals surface area contributed by atoms with Crippen LogP contribution in [0.15, 0.2) is 58.1 Å². The van der Waals surface area contributed by atoms with Crippen LogP contribution in [0.4, 0.5) is 0 Å². The summed E-state index contributed by atoms with van der Waals surface area (Å²) >= 11 is 0. The molecule has 1 atom stereocenters. The van der Waals surface area contributed by atoms with Gasteiger partial charge >= 0.3 is 5.69 Å². The minimum Gasteiger partial charge on any atom is -0.497 e. The van der Waals surface area contributed by atoms with Crippen LogP contribution < -0.4 is 20.7 Å². The van der Waals surface area contributed by atoms with E-state index in [-0.39, 0.29) is 11.2 Å². The van der Waals surface area contributed by atoms with E-state index in [1.54, 1.807) is 21.3 Å². The second-order valence-corrected chi connectivity index (χ2v) is 8.04. The average molecular weight is 447 g/mol. The van der Waals surface area contributed by atoms with Gasteiger partial charge in [-0.1, -0.05) is 30.3 Å². The highest BCUT2D eigenvalue weighted by atomic mass is 16.5. The van der Waals surface area contributed by atoms with Gasteiger partial charge in [0, 0.05) is 26.2 Å². The Morgan fingerprint density at radius 2 is 1.73 bits per heavy atom. The van der Waals surface area contributed by atoms with Gasteiger partial charge in [0.1, 0.15) is 17.6 Å². The Kier molecular flexibility index (Phi) is 5.09. The summed E-state index contributed by atoms with van der Waals surface area (Å²) in [5.74, 6) is 1.30. The number of fused-ring (bicyclic) bond motifs is 3. The van der Waals surface area contributed by atoms with Gasteiger partial charge in [-0.3, -0.25) is 13.9 Å². The largest absolute Gasteiger partial charge is 0.497 e. The number of nitrogens with zero attached hydrogens (tertiary/aromatic N) is 3. The van der Waals surface area contributed by atoms with Gasteiger partial charge in [0.05, 0.1) is 43.1 Å². The van der Waals surface area contributed by atoms with Gasteiger partial charge < -0.3 is 18.8 Å². The van der Waals surface area contributed by atoms with E-state index in [9.17, 15) is 9.59 Å². The quantitative estimate of drug-likeness (QED) is 0.481. The maximum Gasteiger partial charge on any atom is 0.331 e. The van der Waals surface area contributed by atoms with Crippen molar-refractivity contribution in [3.8, 4) is 22.8 Å². The lowest BCUT2D eigenvalue weighted by atomic mass is 10.0. The molecule has 1 aliphatic rings. The topological polar surface area (TPSA) is 76.6 Å². The van der Waals surface area contributed by atoms with Crippen LogP contribution in [-0.2, 0) is 25.4 Å². The fraction of sp³-hybridized carbons (Fsp3) is 0.280. The molecule has 0 saturated carbocycles. The van der Waals surface area contributed by atoms with Crippen molar-refractivity contribution < 1.29 is 14.2 Å². The third-order valence-corrected chi connectivity index (χ3v) is 6.32. The summed E-state index contributed by atoms with van der Waals surface area (Å²) in [6.45, 7) is 0.988. The lowest BCUT2D eigenvalue weighted by Crippen LogP contribution is -2.37. The van der Waals surface area contributed by atoms with Crippen LogP contribution in [0.1, 0.15) is 17.4 Å². The van der Waals surface area contributed by atoms with Crippen molar-refractivity contribution in [1.29, 1.82) is 0 Å². The molecule has 0 bridgehead atoms. The molecule has 0 fully saturated rings. The molecule has 0 radical (unpaired) electrons. The molecular formula is C25H25N3O5. The monoisotopic (exact) mass is 447 g/mol. The second-order valence-electron chi connectivity index (χ2n) is 8.04. The van der Waals surface area contributed by atoms with Crippen molar-refractivity contribution in [2.75, 3.05) is 20.8 Å². The predicted octanol–water partition coefficient (Wildman–Crippen LogP) is 2.84. The number of benzene rings is 2. The fourth-order valence-electron chi connectivity index (χ4n) is 4.76. The van der Waals surface area contributed by atoms with Gasteiger partial charge in [0.15, 0.2) is 0 Å². The zero-order chi connectivity index (χ0) is 23.3. The van der Waals surface area contributed by atoms with E-state index in [4.69, 9.17) is 14.2 Å². The maximum absolute atomic E-state index is 13.4. The first-order valence-corrected chi connectivity index (χ1v) is 10.7. The number of rotatable bonds is 4. The average Bonchev–Trinajstić information content (AvgIpc) is 3.22. The number of hydrogen-bond donors (Lipinski definition) is 0. The summed E-state index contributed by atoms with van der Waals surface area (Å²) in [6, 6.07) is 15.3. The molecule has 2 aromatic heterocycles. The van der Waals surface area contributed by atoms with Crippen molar-refractivity contribution in [2.45, 2.75) is 12.6 Å². The first kappa shape index (κ1) is 21.1. The van der Waals surface area contributed by atoms with Crippen LogP contribution in [0.25, 0.3) is 22.2 Å². The lowest BCUT2D eigenvalue weighted by Gasteiger charge is -2.28. The van der Waals surface area contributed by atoms with Gasteiger partial charge in [-0.2, -0.15) is 0 Å². The molecular weight excluding hydrogens is 422 g/mol. The molecule has 4 aromatic rings. The number of aryl methyl sites for hydroxylation is 1. The van der Waals surface area contributed by atoms with Crippen molar-refractivity contribution >= 4 is 10.9 Å². The van der Waals surface area contributed by atoms with Gasteiger partial charge in [0.25, 0.3) is 5.56 Å². The van der Waals surface area contributed by atoms with Crippen molar-refractivity contribution in [2.24, 2.45) is 14.1 Å². The minimum atomic E-state index is -0.554. The van der Waals surface area contributed by atoms with Crippen molar-refractivity contribution in [1.82, 2.24) is 13.7 Å². The lowest BCUT2D eigenvalue weighted by molar-refractivity contribution is 0.0462. The molecule has 3 heterocycles. The van der Waals surface area contributed by atoms with Gasteiger partial charge in [-0.05, 0) is 23.8 Å². The van der Waals surface area contributed by atoms with Crippen molar-refractivity contribution in [3.63, 3.8) is 0 Å². The van der Waals surface area contributed by atoms with Crippen LogP contribution >= 0.6 is 0 Å². The summed E-state index contributed by atoms with van der Waals surface area (Å²) in [5, 5.41) is 0.498. The van der Waals surface area contributed by atoms with Crippen LogP contribution in [0.3, 0.4) is 0 Å². The fourth-order valence-corrected chi connectivity index (χ4v) is 4.76. The molecule has 33 heavy (non-hydrogen) atoms. The molecule has 1 aliphatic heterocycles. The molecule has 0 N–H and O–H groups in total. The van der Waals surface area contributed by atoms with E-state index in [1.165, 1.54) is 11.6 Å². The van der Waals surface area contributed by atoms with Crippen LogP contribution in [0.5, 0.6) is 11.5 Å². The van der Waals surface area contributed by atoms with E-state index in [0.717, 1.165) is 27.1 Å². The Bertz CT molecular complexity index is 1480. The molecule has 8 heteroatoms. The Labute approximate surface area is 190 Å². The normalized spacial score (nSPS) is 15.5. The summed E-state index contributed by atoms with van der Waals surface area (Å²) in [7, 11) is 6.40. The predicted molar refractivity (Wildman–Crippen MR) is 125 cm³/mol. The summed E-state index contributed by atoms with van der Waals surface area (Å²) in [6.07, 6.45) is -0.554. The van der Waals surface area contributed by atoms with Crippen LogP contribution in [0.2, 0.25) is 0 Å². The van der Waals surface area contributed by atoms with E-state index in [2.05, 4.69) is 4.57 Å². The molecule has 170 valence electrons. The molecule has 0 unspecified atom stereocenters. The second kappa shape index (κ2) is 7.97. The third kappa shape index (κ3) is 3.09. The molecule has 0 saturated heterocycles. The zero-order valence-corrected chi connectivity index (χ0v) is 19.0. The van der Waals surface area contributed by atoms with E-state index in [0.29, 0.717) is 35.6 Å². The van der Waals surface area contributed by atoms with Crippen LogP contribution in [0, 0.1) is 0 Å². The summed E-state index contributed by atoms with van der Waals surface area (Å²) < 4.78 is 22.1. The molecule has 0 spiro atoms. The van der Waals surface area contributed by atoms with E-state index < -0.39 is 6.10 Å².